The van der Waals surface area contributed by atoms with Crippen LogP contribution in [-0.4, -0.2) is 52.1 Å². The first kappa shape index (κ1) is 29.3. The first-order valence-corrected chi connectivity index (χ1v) is 13.6. The highest BCUT2D eigenvalue weighted by atomic mass is 16.6. The lowest BCUT2D eigenvalue weighted by Gasteiger charge is -2.40. The maximum Gasteiger partial charge on any atom is 0.407 e. The third kappa shape index (κ3) is 7.72. The van der Waals surface area contributed by atoms with Gasteiger partial charge in [-0.3, -0.25) is 9.59 Å². The van der Waals surface area contributed by atoms with E-state index in [2.05, 4.69) is 10.6 Å². The number of nitrogens with zero attached hydrogens (tertiary/aromatic N) is 1. The van der Waals surface area contributed by atoms with Crippen molar-refractivity contribution in [3.05, 3.63) is 101 Å². The van der Waals surface area contributed by atoms with Crippen LogP contribution in [0, 0.1) is 0 Å². The number of piperidine rings is 1. The predicted octanol–water partition coefficient (Wildman–Crippen LogP) is 5.44. The number of hydrogen-bond acceptors (Lipinski definition) is 5. The number of anilines is 1. The molecule has 3 amide bonds. The number of nitrogens with one attached hydrogen (secondary N) is 2. The topological polar surface area (TPSA) is 125 Å². The Morgan fingerprint density at radius 2 is 1.54 bits per heavy atom. The van der Waals surface area contributed by atoms with E-state index in [0.717, 1.165) is 24.0 Å². The van der Waals surface area contributed by atoms with Crippen molar-refractivity contribution in [2.45, 2.75) is 57.7 Å². The van der Waals surface area contributed by atoms with Gasteiger partial charge in [-0.25, -0.2) is 9.59 Å². The molecule has 2 unspecified atom stereocenters. The summed E-state index contributed by atoms with van der Waals surface area (Å²) in [6.07, 6.45) is 0.948. The monoisotopic (exact) mass is 557 g/mol. The summed E-state index contributed by atoms with van der Waals surface area (Å²) >= 11 is 0. The van der Waals surface area contributed by atoms with Crippen molar-refractivity contribution in [3.63, 3.8) is 0 Å². The Bertz CT molecular complexity index is 1380. The van der Waals surface area contributed by atoms with Crippen LogP contribution in [0.2, 0.25) is 0 Å². The minimum Gasteiger partial charge on any atom is -0.478 e. The molecule has 3 aromatic carbocycles. The Labute approximate surface area is 239 Å². The number of likely N-dealkylation sites (tertiary alicyclic amines) is 1. The number of amides is 3. The number of alkyl carbamates (subject to hydrolysis) is 1. The average molecular weight is 558 g/mol. The summed E-state index contributed by atoms with van der Waals surface area (Å²) in [6, 6.07) is 21.8. The maximum absolute atomic E-state index is 13.8. The van der Waals surface area contributed by atoms with E-state index in [-0.39, 0.29) is 29.8 Å². The Morgan fingerprint density at radius 3 is 2.15 bits per heavy atom. The third-order valence-corrected chi connectivity index (χ3v) is 6.82. The fourth-order valence-electron chi connectivity index (χ4n) is 4.93. The lowest BCUT2D eigenvalue weighted by atomic mass is 9.82. The van der Waals surface area contributed by atoms with Gasteiger partial charge in [-0.2, -0.15) is 0 Å². The summed E-state index contributed by atoms with van der Waals surface area (Å²) in [4.78, 5) is 52.4. The molecule has 214 valence electrons. The van der Waals surface area contributed by atoms with Crippen LogP contribution in [0.3, 0.4) is 0 Å². The molecule has 2 atom stereocenters. The molecule has 0 saturated carbocycles. The maximum atomic E-state index is 13.8. The SMILES string of the molecule is CC(C)(C)OC(=O)NCc1ccc(C(=O)N2CCCC(c3ccccc3)C2C(=O)Nc2ccc(C(=O)O)cc2)cc1. The van der Waals surface area contributed by atoms with E-state index in [0.29, 0.717) is 17.8 Å². The van der Waals surface area contributed by atoms with E-state index in [1.807, 2.05) is 30.3 Å². The van der Waals surface area contributed by atoms with Crippen LogP contribution in [0.15, 0.2) is 78.9 Å². The Kier molecular flexibility index (Phi) is 9.07. The van der Waals surface area contributed by atoms with Gasteiger partial charge in [-0.1, -0.05) is 42.5 Å². The van der Waals surface area contributed by atoms with Crippen molar-refractivity contribution in [1.82, 2.24) is 10.2 Å². The smallest absolute Gasteiger partial charge is 0.407 e. The van der Waals surface area contributed by atoms with E-state index in [1.54, 1.807) is 49.9 Å². The van der Waals surface area contributed by atoms with Gasteiger partial charge >= 0.3 is 12.1 Å². The number of benzene rings is 3. The van der Waals surface area contributed by atoms with E-state index < -0.39 is 23.7 Å². The van der Waals surface area contributed by atoms with Gasteiger partial charge in [0.15, 0.2) is 0 Å². The minimum atomic E-state index is -1.05. The molecular weight excluding hydrogens is 522 g/mol. The molecular formula is C32H35N3O6. The third-order valence-electron chi connectivity index (χ3n) is 6.82. The normalized spacial score (nSPS) is 16.9. The van der Waals surface area contributed by atoms with Crippen LogP contribution in [0.4, 0.5) is 10.5 Å². The quantitative estimate of drug-likeness (QED) is 0.355. The molecule has 0 radical (unpaired) electrons. The van der Waals surface area contributed by atoms with Crippen molar-refractivity contribution in [3.8, 4) is 0 Å². The van der Waals surface area contributed by atoms with Crippen molar-refractivity contribution >= 4 is 29.6 Å². The molecule has 1 heterocycles. The molecule has 1 saturated heterocycles. The molecule has 9 nitrogen and oxygen atoms in total. The van der Waals surface area contributed by atoms with Crippen LogP contribution in [0.1, 0.15) is 71.4 Å². The molecule has 9 heteroatoms. The minimum absolute atomic E-state index is 0.115. The molecule has 0 spiro atoms. The Balaban J connectivity index is 1.54. The summed E-state index contributed by atoms with van der Waals surface area (Å²) in [5.41, 5.74) is 2.17. The summed E-state index contributed by atoms with van der Waals surface area (Å²) in [6.45, 7) is 6.03. The molecule has 0 bridgehead atoms. The van der Waals surface area contributed by atoms with Crippen molar-refractivity contribution in [2.75, 3.05) is 11.9 Å². The van der Waals surface area contributed by atoms with Crippen LogP contribution in [-0.2, 0) is 16.1 Å². The van der Waals surface area contributed by atoms with Gasteiger partial charge in [0.2, 0.25) is 5.91 Å². The van der Waals surface area contributed by atoms with Gasteiger partial charge < -0.3 is 25.4 Å². The second-order valence-electron chi connectivity index (χ2n) is 11.0. The first-order chi connectivity index (χ1) is 19.5. The van der Waals surface area contributed by atoms with Crippen molar-refractivity contribution in [2.24, 2.45) is 0 Å². The van der Waals surface area contributed by atoms with Crippen LogP contribution in [0.25, 0.3) is 0 Å². The number of rotatable bonds is 7. The number of carbonyl (C=O) groups is 4. The van der Waals surface area contributed by atoms with E-state index in [4.69, 9.17) is 4.74 Å². The standard InChI is InChI=1S/C32H35N3O6/c1-32(2,3)41-31(40)33-20-21-11-13-23(14-12-21)29(37)35-19-7-10-26(22-8-5-4-6-9-22)27(35)28(36)34-25-17-15-24(16-18-25)30(38)39/h4-6,8-9,11-18,26-27H,7,10,19-20H2,1-3H3,(H,33,40)(H,34,36)(H,38,39). The van der Waals surface area contributed by atoms with Crippen LogP contribution >= 0.6 is 0 Å². The zero-order valence-electron chi connectivity index (χ0n) is 23.4. The van der Waals surface area contributed by atoms with Crippen LogP contribution < -0.4 is 10.6 Å². The van der Waals surface area contributed by atoms with Crippen LogP contribution in [0.5, 0.6) is 0 Å². The number of carboxylic acid groups (broad SMARTS) is 1. The molecule has 0 aliphatic carbocycles. The highest BCUT2D eigenvalue weighted by Crippen LogP contribution is 2.34. The predicted molar refractivity (Wildman–Crippen MR) is 155 cm³/mol. The first-order valence-electron chi connectivity index (χ1n) is 13.6. The molecule has 0 aromatic heterocycles. The molecule has 1 aliphatic rings. The molecule has 4 rings (SSSR count). The fraction of sp³-hybridized carbons (Fsp3) is 0.312. The molecule has 1 fully saturated rings. The van der Waals surface area contributed by atoms with E-state index >= 15 is 0 Å². The summed E-state index contributed by atoms with van der Waals surface area (Å²) in [7, 11) is 0. The molecule has 3 N–H and O–H groups in total. The zero-order chi connectivity index (χ0) is 29.6. The van der Waals surface area contributed by atoms with Gasteiger partial charge in [-0.05, 0) is 81.1 Å². The zero-order valence-corrected chi connectivity index (χ0v) is 23.4. The summed E-state index contributed by atoms with van der Waals surface area (Å²) in [5, 5.41) is 14.8. The number of carbonyl (C=O) groups excluding carboxylic acids is 3. The lowest BCUT2D eigenvalue weighted by Crippen LogP contribution is -2.53. The van der Waals surface area contributed by atoms with Gasteiger partial charge in [0.05, 0.1) is 5.56 Å². The average Bonchev–Trinajstić information content (AvgIpc) is 2.95. The second-order valence-corrected chi connectivity index (χ2v) is 11.0. The second kappa shape index (κ2) is 12.7. The largest absolute Gasteiger partial charge is 0.478 e. The number of hydrogen-bond donors (Lipinski definition) is 3. The van der Waals surface area contributed by atoms with Gasteiger partial charge in [0, 0.05) is 30.3 Å². The van der Waals surface area contributed by atoms with Gasteiger partial charge in [0.1, 0.15) is 11.6 Å². The van der Waals surface area contributed by atoms with Crippen molar-refractivity contribution < 1.29 is 29.0 Å². The number of aromatic carboxylic acids is 1. The highest BCUT2D eigenvalue weighted by Gasteiger charge is 2.40. The fourth-order valence-corrected chi connectivity index (χ4v) is 4.93. The molecule has 41 heavy (non-hydrogen) atoms. The summed E-state index contributed by atoms with van der Waals surface area (Å²) < 4.78 is 5.27. The van der Waals surface area contributed by atoms with Crippen molar-refractivity contribution in [1.29, 1.82) is 0 Å². The highest BCUT2D eigenvalue weighted by molar-refractivity contribution is 6.02. The number of carboxylic acids is 1. The summed E-state index contributed by atoms with van der Waals surface area (Å²) in [5.74, 6) is -1.88. The Morgan fingerprint density at radius 1 is 0.902 bits per heavy atom. The van der Waals surface area contributed by atoms with E-state index in [9.17, 15) is 24.3 Å². The van der Waals surface area contributed by atoms with Gasteiger partial charge in [-0.15, -0.1) is 0 Å². The molecule has 3 aromatic rings. The lowest BCUT2D eigenvalue weighted by molar-refractivity contribution is -0.122. The number of ether oxygens (including phenoxy) is 1. The van der Waals surface area contributed by atoms with Gasteiger partial charge in [0.25, 0.3) is 5.91 Å². The van der Waals surface area contributed by atoms with E-state index in [1.165, 1.54) is 24.3 Å². The molecule has 1 aliphatic heterocycles. The Hall–Kier alpha value is -4.66.